The average Bonchev–Trinajstić information content (AvgIpc) is 2.84. The smallest absolute Gasteiger partial charge is 0.335 e. The highest BCUT2D eigenvalue weighted by atomic mass is 79.9. The van der Waals surface area contributed by atoms with Gasteiger partial charge in [0.15, 0.2) is 0 Å². The Morgan fingerprint density at radius 3 is 2.36 bits per heavy atom. The first-order chi connectivity index (χ1) is 16.1. The molecule has 1 heterocycles. The molecule has 0 unspecified atom stereocenters. The number of anilines is 1. The van der Waals surface area contributed by atoms with Gasteiger partial charge in [-0.1, -0.05) is 52.3 Å². The molecule has 0 aliphatic rings. The van der Waals surface area contributed by atoms with Gasteiger partial charge in [-0.2, -0.15) is 0 Å². The first kappa shape index (κ1) is 22.6. The summed E-state index contributed by atoms with van der Waals surface area (Å²) in [6.07, 6.45) is 3.59. The van der Waals surface area contributed by atoms with Crippen LogP contribution in [0.15, 0.2) is 102 Å². The van der Waals surface area contributed by atoms with E-state index in [1.807, 2.05) is 72.9 Å². The zero-order valence-corrected chi connectivity index (χ0v) is 19.5. The quantitative estimate of drug-likeness (QED) is 0.289. The molecular formula is C27H23BrN2O3. The molecule has 3 aromatic carbocycles. The molecule has 0 amide bonds. The highest BCUT2D eigenvalue weighted by Gasteiger charge is 2.14. The molecular weight excluding hydrogens is 480 g/mol. The van der Waals surface area contributed by atoms with Crippen molar-refractivity contribution >= 4 is 27.6 Å². The van der Waals surface area contributed by atoms with Crippen molar-refractivity contribution in [3.8, 4) is 5.75 Å². The molecule has 166 valence electrons. The van der Waals surface area contributed by atoms with Crippen LogP contribution in [0.5, 0.6) is 5.75 Å². The fourth-order valence-corrected chi connectivity index (χ4v) is 3.93. The summed E-state index contributed by atoms with van der Waals surface area (Å²) in [5.41, 5.74) is 4.35. The van der Waals surface area contributed by atoms with E-state index >= 15 is 0 Å². The molecule has 0 aliphatic carbocycles. The number of ether oxygens (including phenoxy) is 1. The van der Waals surface area contributed by atoms with E-state index in [1.165, 1.54) is 0 Å². The molecule has 6 heteroatoms. The summed E-state index contributed by atoms with van der Waals surface area (Å²) in [5.74, 6) is -0.135. The second kappa shape index (κ2) is 10.8. The summed E-state index contributed by atoms with van der Waals surface area (Å²) in [5, 5.41) is 9.26. The summed E-state index contributed by atoms with van der Waals surface area (Å²) in [7, 11) is 0. The van der Waals surface area contributed by atoms with Gasteiger partial charge < -0.3 is 14.7 Å². The number of aromatic nitrogens is 1. The zero-order chi connectivity index (χ0) is 23.0. The third-order valence-corrected chi connectivity index (χ3v) is 5.69. The van der Waals surface area contributed by atoms with Gasteiger partial charge in [0, 0.05) is 41.2 Å². The first-order valence-electron chi connectivity index (χ1n) is 10.5. The number of benzene rings is 3. The lowest BCUT2D eigenvalue weighted by molar-refractivity contribution is 0.0697. The predicted molar refractivity (Wildman–Crippen MR) is 132 cm³/mol. The molecule has 0 radical (unpaired) electrons. The van der Waals surface area contributed by atoms with Crippen LogP contribution in [0, 0.1) is 0 Å². The van der Waals surface area contributed by atoms with Crippen molar-refractivity contribution in [2.45, 2.75) is 19.7 Å². The van der Waals surface area contributed by atoms with E-state index < -0.39 is 5.97 Å². The SMILES string of the molecule is O=C(O)c1ccc(N(Cc2cccnc2)Cc2cc(Br)ccc2OCc2ccccc2)cc1. The lowest BCUT2D eigenvalue weighted by atomic mass is 10.1. The van der Waals surface area contributed by atoms with Crippen LogP contribution in [-0.4, -0.2) is 16.1 Å². The highest BCUT2D eigenvalue weighted by Crippen LogP contribution is 2.29. The molecule has 1 aromatic heterocycles. The Hall–Kier alpha value is -3.64. The van der Waals surface area contributed by atoms with Gasteiger partial charge in [0.25, 0.3) is 0 Å². The standard InChI is InChI=1S/C27H23BrN2O3/c28-24-10-13-26(33-19-20-5-2-1-3-6-20)23(15-24)18-30(17-21-7-4-14-29-16-21)25-11-8-22(9-12-25)27(31)32/h1-16H,17-19H2,(H,31,32). The van der Waals surface area contributed by atoms with E-state index in [4.69, 9.17) is 4.74 Å². The van der Waals surface area contributed by atoms with Crippen LogP contribution in [0.3, 0.4) is 0 Å². The molecule has 0 bridgehead atoms. The van der Waals surface area contributed by atoms with Gasteiger partial charge in [-0.05, 0) is 59.7 Å². The van der Waals surface area contributed by atoms with Crippen molar-refractivity contribution in [1.29, 1.82) is 0 Å². The molecule has 0 atom stereocenters. The Labute approximate surface area is 201 Å². The van der Waals surface area contributed by atoms with Crippen LogP contribution < -0.4 is 9.64 Å². The Morgan fingerprint density at radius 1 is 0.909 bits per heavy atom. The molecule has 0 saturated heterocycles. The van der Waals surface area contributed by atoms with Crippen molar-refractivity contribution in [2.24, 2.45) is 0 Å². The average molecular weight is 503 g/mol. The Morgan fingerprint density at radius 2 is 1.67 bits per heavy atom. The number of aromatic carboxylic acids is 1. The largest absolute Gasteiger partial charge is 0.489 e. The van der Waals surface area contributed by atoms with E-state index in [1.54, 1.807) is 18.3 Å². The maximum absolute atomic E-state index is 11.3. The second-order valence-electron chi connectivity index (χ2n) is 7.60. The molecule has 4 aromatic rings. The highest BCUT2D eigenvalue weighted by molar-refractivity contribution is 9.10. The van der Waals surface area contributed by atoms with E-state index in [2.05, 4.69) is 31.9 Å². The maximum atomic E-state index is 11.3. The van der Waals surface area contributed by atoms with E-state index in [0.717, 1.165) is 32.6 Å². The van der Waals surface area contributed by atoms with Crippen LogP contribution in [0.1, 0.15) is 27.0 Å². The minimum absolute atomic E-state index is 0.259. The van der Waals surface area contributed by atoms with Crippen molar-refractivity contribution in [3.63, 3.8) is 0 Å². The molecule has 0 fully saturated rings. The van der Waals surface area contributed by atoms with E-state index in [0.29, 0.717) is 19.7 Å². The lowest BCUT2D eigenvalue weighted by Crippen LogP contribution is -2.22. The van der Waals surface area contributed by atoms with Crippen molar-refractivity contribution in [2.75, 3.05) is 4.90 Å². The van der Waals surface area contributed by atoms with Gasteiger partial charge in [0.05, 0.1) is 5.56 Å². The van der Waals surface area contributed by atoms with Crippen LogP contribution in [0.25, 0.3) is 0 Å². The Kier molecular flexibility index (Phi) is 7.37. The van der Waals surface area contributed by atoms with E-state index in [-0.39, 0.29) is 5.56 Å². The monoisotopic (exact) mass is 502 g/mol. The number of carboxylic acid groups (broad SMARTS) is 1. The number of nitrogens with zero attached hydrogens (tertiary/aromatic N) is 2. The van der Waals surface area contributed by atoms with Crippen molar-refractivity contribution in [3.05, 3.63) is 124 Å². The molecule has 0 spiro atoms. The second-order valence-corrected chi connectivity index (χ2v) is 8.51. The minimum Gasteiger partial charge on any atom is -0.489 e. The fraction of sp³-hybridized carbons (Fsp3) is 0.111. The van der Waals surface area contributed by atoms with Gasteiger partial charge in [-0.25, -0.2) is 4.79 Å². The van der Waals surface area contributed by atoms with Crippen molar-refractivity contribution < 1.29 is 14.6 Å². The minimum atomic E-state index is -0.941. The molecule has 4 rings (SSSR count). The van der Waals surface area contributed by atoms with Crippen LogP contribution in [0.4, 0.5) is 5.69 Å². The fourth-order valence-electron chi connectivity index (χ4n) is 3.52. The van der Waals surface area contributed by atoms with Crippen LogP contribution in [-0.2, 0) is 19.7 Å². The lowest BCUT2D eigenvalue weighted by Gasteiger charge is -2.26. The number of pyridine rings is 1. The topological polar surface area (TPSA) is 62.7 Å². The third-order valence-electron chi connectivity index (χ3n) is 5.20. The molecule has 33 heavy (non-hydrogen) atoms. The molecule has 5 nitrogen and oxygen atoms in total. The van der Waals surface area contributed by atoms with Gasteiger partial charge in [-0.15, -0.1) is 0 Å². The number of carboxylic acids is 1. The van der Waals surface area contributed by atoms with Crippen LogP contribution >= 0.6 is 15.9 Å². The normalized spacial score (nSPS) is 10.6. The number of halogens is 1. The first-order valence-corrected chi connectivity index (χ1v) is 11.3. The van der Waals surface area contributed by atoms with Gasteiger partial charge in [0.1, 0.15) is 12.4 Å². The van der Waals surface area contributed by atoms with E-state index in [9.17, 15) is 9.90 Å². The Bertz CT molecular complexity index is 1200. The van der Waals surface area contributed by atoms with Gasteiger partial charge in [0.2, 0.25) is 0 Å². The number of hydrogen-bond donors (Lipinski definition) is 1. The number of rotatable bonds is 9. The van der Waals surface area contributed by atoms with Gasteiger partial charge >= 0.3 is 5.97 Å². The number of carbonyl (C=O) groups is 1. The summed E-state index contributed by atoms with van der Waals surface area (Å²) >= 11 is 3.58. The summed E-state index contributed by atoms with van der Waals surface area (Å²) in [6, 6.07) is 26.9. The Balaban J connectivity index is 1.62. The molecule has 0 aliphatic heterocycles. The van der Waals surface area contributed by atoms with Crippen LogP contribution in [0.2, 0.25) is 0 Å². The van der Waals surface area contributed by atoms with Gasteiger partial charge in [-0.3, -0.25) is 4.98 Å². The summed E-state index contributed by atoms with van der Waals surface area (Å²) in [4.78, 5) is 17.7. The van der Waals surface area contributed by atoms with Crippen molar-refractivity contribution in [1.82, 2.24) is 4.98 Å². The summed E-state index contributed by atoms with van der Waals surface area (Å²) in [6.45, 7) is 1.67. The zero-order valence-electron chi connectivity index (χ0n) is 17.9. The number of hydrogen-bond acceptors (Lipinski definition) is 4. The molecule has 1 N–H and O–H groups in total. The maximum Gasteiger partial charge on any atom is 0.335 e. The third kappa shape index (κ3) is 6.20. The predicted octanol–water partition coefficient (Wildman–Crippen LogP) is 6.33. The summed E-state index contributed by atoms with van der Waals surface area (Å²) < 4.78 is 7.14. The molecule has 0 saturated carbocycles.